The summed E-state index contributed by atoms with van der Waals surface area (Å²) in [5.41, 5.74) is 1.65. The molecule has 0 aliphatic carbocycles. The Morgan fingerprint density at radius 3 is 2.75 bits per heavy atom. The number of hydrogen-bond donors (Lipinski definition) is 0. The third kappa shape index (κ3) is 3.18. The van der Waals surface area contributed by atoms with Crippen molar-refractivity contribution in [2.75, 3.05) is 20.8 Å². The highest BCUT2D eigenvalue weighted by Gasteiger charge is 2.35. The van der Waals surface area contributed by atoms with Crippen molar-refractivity contribution < 1.29 is 19.1 Å². The van der Waals surface area contributed by atoms with Gasteiger partial charge in [-0.1, -0.05) is 5.16 Å². The lowest BCUT2D eigenvalue weighted by Gasteiger charge is -2.34. The molecular formula is C18H24N2O4. The number of piperidine rings is 1. The summed E-state index contributed by atoms with van der Waals surface area (Å²) in [7, 11) is 3.20. The van der Waals surface area contributed by atoms with Gasteiger partial charge in [-0.15, -0.1) is 0 Å². The topological polar surface area (TPSA) is 60.4 Å². The van der Waals surface area contributed by atoms with Crippen LogP contribution in [0.5, 0.6) is 11.5 Å². The van der Waals surface area contributed by atoms with Gasteiger partial charge in [-0.25, -0.2) is 0 Å². The van der Waals surface area contributed by atoms with Crippen LogP contribution in [0.3, 0.4) is 0 Å². The van der Waals surface area contributed by atoms with Gasteiger partial charge in [-0.2, -0.15) is 0 Å². The van der Waals surface area contributed by atoms with Gasteiger partial charge in [-0.3, -0.25) is 4.79 Å². The van der Waals surface area contributed by atoms with E-state index in [9.17, 15) is 4.79 Å². The fourth-order valence-electron chi connectivity index (χ4n) is 3.31. The number of oxime groups is 1. The summed E-state index contributed by atoms with van der Waals surface area (Å²) in [5, 5.41) is 4.13. The molecule has 24 heavy (non-hydrogen) atoms. The van der Waals surface area contributed by atoms with Crippen molar-refractivity contribution >= 4 is 11.6 Å². The van der Waals surface area contributed by atoms with Crippen LogP contribution in [0.25, 0.3) is 0 Å². The van der Waals surface area contributed by atoms with Crippen LogP contribution in [-0.4, -0.2) is 49.4 Å². The smallest absolute Gasteiger partial charge is 0.267 e. The minimum absolute atomic E-state index is 0.0430. The van der Waals surface area contributed by atoms with E-state index in [2.05, 4.69) is 12.1 Å². The maximum atomic E-state index is 12.7. The number of methoxy groups -OCH3 is 2. The molecule has 0 bridgehead atoms. The second-order valence-corrected chi connectivity index (χ2v) is 6.28. The van der Waals surface area contributed by atoms with Crippen LogP contribution in [0.15, 0.2) is 23.4 Å². The Morgan fingerprint density at radius 1 is 1.25 bits per heavy atom. The molecule has 0 N–H and O–H groups in total. The first kappa shape index (κ1) is 16.6. The van der Waals surface area contributed by atoms with Crippen molar-refractivity contribution in [3.05, 3.63) is 23.8 Å². The number of benzene rings is 1. The molecular weight excluding hydrogens is 308 g/mol. The van der Waals surface area contributed by atoms with Crippen LogP contribution in [0.4, 0.5) is 0 Å². The summed E-state index contributed by atoms with van der Waals surface area (Å²) >= 11 is 0. The Kier molecular flexibility index (Phi) is 4.92. The molecule has 2 aliphatic rings. The predicted octanol–water partition coefficient (Wildman–Crippen LogP) is 2.60. The molecule has 0 unspecified atom stereocenters. The van der Waals surface area contributed by atoms with E-state index < -0.39 is 6.10 Å². The van der Waals surface area contributed by atoms with Gasteiger partial charge in [-0.05, 0) is 44.4 Å². The monoisotopic (exact) mass is 332 g/mol. The third-order valence-electron chi connectivity index (χ3n) is 4.75. The maximum Gasteiger partial charge on any atom is 0.267 e. The average molecular weight is 332 g/mol. The van der Waals surface area contributed by atoms with E-state index >= 15 is 0 Å². The van der Waals surface area contributed by atoms with Crippen LogP contribution in [0.2, 0.25) is 0 Å². The highest BCUT2D eigenvalue weighted by atomic mass is 16.6. The molecule has 6 heteroatoms. The summed E-state index contributed by atoms with van der Waals surface area (Å²) in [6.45, 7) is 2.91. The second kappa shape index (κ2) is 7.11. The number of rotatable bonds is 4. The second-order valence-electron chi connectivity index (χ2n) is 6.28. The van der Waals surface area contributed by atoms with Gasteiger partial charge in [0.1, 0.15) is 0 Å². The molecule has 1 saturated heterocycles. The molecule has 2 atom stereocenters. The highest BCUT2D eigenvalue weighted by Crippen LogP contribution is 2.30. The lowest BCUT2D eigenvalue weighted by Crippen LogP contribution is -2.47. The van der Waals surface area contributed by atoms with E-state index in [4.69, 9.17) is 14.3 Å². The van der Waals surface area contributed by atoms with Crippen molar-refractivity contribution in [2.24, 2.45) is 5.16 Å². The lowest BCUT2D eigenvalue weighted by atomic mass is 10.0. The molecule has 2 heterocycles. The number of likely N-dealkylation sites (tertiary alicyclic amines) is 1. The largest absolute Gasteiger partial charge is 0.493 e. The molecule has 0 aromatic heterocycles. The zero-order valence-corrected chi connectivity index (χ0v) is 14.4. The molecule has 1 fully saturated rings. The Bertz CT molecular complexity index is 644. The Hall–Kier alpha value is -2.24. The molecule has 0 spiro atoms. The maximum absolute atomic E-state index is 12.7. The minimum atomic E-state index is -0.520. The first-order valence-corrected chi connectivity index (χ1v) is 8.39. The number of amides is 1. The van der Waals surface area contributed by atoms with Crippen LogP contribution in [0.1, 0.15) is 38.2 Å². The Balaban J connectivity index is 1.69. The molecule has 0 saturated carbocycles. The molecule has 1 aromatic carbocycles. The predicted molar refractivity (Wildman–Crippen MR) is 90.6 cm³/mol. The fraction of sp³-hybridized carbons (Fsp3) is 0.556. The molecule has 0 radical (unpaired) electrons. The summed E-state index contributed by atoms with van der Waals surface area (Å²) in [5.74, 6) is 1.34. The van der Waals surface area contributed by atoms with E-state index in [0.29, 0.717) is 17.9 Å². The Morgan fingerprint density at radius 2 is 2.04 bits per heavy atom. The summed E-state index contributed by atoms with van der Waals surface area (Å²) < 4.78 is 10.6. The molecule has 130 valence electrons. The molecule has 1 aromatic rings. The Labute approximate surface area is 142 Å². The van der Waals surface area contributed by atoms with Gasteiger partial charge in [0.2, 0.25) is 6.10 Å². The van der Waals surface area contributed by atoms with Gasteiger partial charge < -0.3 is 19.2 Å². The van der Waals surface area contributed by atoms with Crippen LogP contribution in [-0.2, 0) is 9.63 Å². The zero-order valence-electron chi connectivity index (χ0n) is 14.4. The van der Waals surface area contributed by atoms with E-state index in [1.807, 2.05) is 23.1 Å². The van der Waals surface area contributed by atoms with Gasteiger partial charge in [0.05, 0.1) is 19.9 Å². The molecule has 1 amide bonds. The fourth-order valence-corrected chi connectivity index (χ4v) is 3.31. The van der Waals surface area contributed by atoms with Gasteiger partial charge >= 0.3 is 0 Å². The first-order valence-electron chi connectivity index (χ1n) is 8.39. The van der Waals surface area contributed by atoms with Crippen molar-refractivity contribution in [1.29, 1.82) is 0 Å². The number of ether oxygens (including phenoxy) is 2. The van der Waals surface area contributed by atoms with E-state index in [0.717, 1.165) is 30.7 Å². The highest BCUT2D eigenvalue weighted by molar-refractivity contribution is 6.04. The normalized spacial score (nSPS) is 23.5. The number of nitrogens with zero attached hydrogens (tertiary/aromatic N) is 2. The van der Waals surface area contributed by atoms with E-state index in [1.165, 1.54) is 6.42 Å². The molecule has 6 nitrogen and oxygen atoms in total. The number of carbonyl (C=O) groups is 1. The van der Waals surface area contributed by atoms with Gasteiger partial charge in [0.15, 0.2) is 11.5 Å². The molecule has 3 rings (SSSR count). The summed E-state index contributed by atoms with van der Waals surface area (Å²) in [4.78, 5) is 20.1. The lowest BCUT2D eigenvalue weighted by molar-refractivity contribution is -0.145. The minimum Gasteiger partial charge on any atom is -0.493 e. The van der Waals surface area contributed by atoms with Crippen molar-refractivity contribution in [3.8, 4) is 11.5 Å². The van der Waals surface area contributed by atoms with E-state index in [1.54, 1.807) is 14.2 Å². The van der Waals surface area contributed by atoms with Crippen molar-refractivity contribution in [2.45, 2.75) is 44.8 Å². The van der Waals surface area contributed by atoms with E-state index in [-0.39, 0.29) is 11.9 Å². The number of carbonyl (C=O) groups excluding carboxylic acids is 1. The summed E-state index contributed by atoms with van der Waals surface area (Å²) in [6, 6.07) is 5.87. The zero-order chi connectivity index (χ0) is 17.1. The summed E-state index contributed by atoms with van der Waals surface area (Å²) in [6.07, 6.45) is 3.27. The third-order valence-corrected chi connectivity index (χ3v) is 4.75. The average Bonchev–Trinajstić information content (AvgIpc) is 3.11. The first-order chi connectivity index (χ1) is 11.6. The van der Waals surface area contributed by atoms with Crippen LogP contribution >= 0.6 is 0 Å². The van der Waals surface area contributed by atoms with Crippen LogP contribution in [0, 0.1) is 0 Å². The molecule has 2 aliphatic heterocycles. The van der Waals surface area contributed by atoms with Gasteiger partial charge in [0, 0.05) is 24.6 Å². The standard InChI is InChI=1S/C18H24N2O4/c1-12-6-4-5-9-20(12)18(21)17-11-14(19-24-17)13-7-8-15(22-2)16(10-13)23-3/h7-8,10,12,17H,4-6,9,11H2,1-3H3/t12-,17+/m1/s1. The van der Waals surface area contributed by atoms with Crippen molar-refractivity contribution in [1.82, 2.24) is 4.90 Å². The number of hydrogen-bond acceptors (Lipinski definition) is 5. The van der Waals surface area contributed by atoms with Crippen molar-refractivity contribution in [3.63, 3.8) is 0 Å². The van der Waals surface area contributed by atoms with Gasteiger partial charge in [0.25, 0.3) is 5.91 Å². The van der Waals surface area contributed by atoms with Crippen LogP contribution < -0.4 is 9.47 Å². The SMILES string of the molecule is COc1ccc(C2=NO[C@H](C(=O)N3CCCC[C@H]3C)C2)cc1OC. The quantitative estimate of drug-likeness (QED) is 0.850.